The van der Waals surface area contributed by atoms with Crippen LogP contribution >= 0.6 is 0 Å². The molecule has 1 heterocycles. The predicted octanol–water partition coefficient (Wildman–Crippen LogP) is 3.51. The van der Waals surface area contributed by atoms with Crippen molar-refractivity contribution in [2.75, 3.05) is 19.0 Å². The molecular weight excluding hydrogens is 340 g/mol. The first-order valence-corrected chi connectivity index (χ1v) is 8.72. The van der Waals surface area contributed by atoms with E-state index in [1.54, 1.807) is 19.4 Å². The largest absolute Gasteiger partial charge is 0.497 e. The van der Waals surface area contributed by atoms with E-state index in [4.69, 9.17) is 4.74 Å². The van der Waals surface area contributed by atoms with E-state index in [0.29, 0.717) is 18.2 Å². The number of methoxy groups -OCH3 is 1. The molecule has 3 aromatic rings. The third-order valence-electron chi connectivity index (χ3n) is 4.14. The molecule has 0 aliphatic heterocycles. The van der Waals surface area contributed by atoms with Gasteiger partial charge >= 0.3 is 0 Å². The molecule has 0 unspecified atom stereocenters. The molecule has 0 saturated carbocycles. The zero-order valence-corrected chi connectivity index (χ0v) is 15.4. The number of aromatic nitrogens is 2. The fraction of sp³-hybridized carbons (Fsp3) is 0.190. The molecule has 6 nitrogen and oxygen atoms in total. The van der Waals surface area contributed by atoms with Crippen molar-refractivity contribution in [3.8, 4) is 5.75 Å². The van der Waals surface area contributed by atoms with Gasteiger partial charge < -0.3 is 15.4 Å². The average Bonchev–Trinajstić information content (AvgIpc) is 2.70. The summed E-state index contributed by atoms with van der Waals surface area (Å²) in [5.74, 6) is 0.989. The number of para-hydroxylation sites is 1. The van der Waals surface area contributed by atoms with Crippen LogP contribution in [0.2, 0.25) is 0 Å². The molecule has 0 saturated heterocycles. The number of nitrogens with one attached hydrogen (secondary N) is 2. The third kappa shape index (κ3) is 5.04. The van der Waals surface area contributed by atoms with Crippen molar-refractivity contribution in [2.45, 2.75) is 13.3 Å². The Labute approximate surface area is 158 Å². The first kappa shape index (κ1) is 18.4. The summed E-state index contributed by atoms with van der Waals surface area (Å²) in [7, 11) is 1.64. The van der Waals surface area contributed by atoms with E-state index in [1.165, 1.54) is 0 Å². The molecule has 2 aromatic carbocycles. The van der Waals surface area contributed by atoms with Crippen LogP contribution in [-0.2, 0) is 6.42 Å². The van der Waals surface area contributed by atoms with Crippen molar-refractivity contribution in [1.82, 2.24) is 15.3 Å². The second kappa shape index (κ2) is 8.80. The Kier molecular flexibility index (Phi) is 5.99. The second-order valence-corrected chi connectivity index (χ2v) is 6.06. The molecule has 1 amide bonds. The smallest absolute Gasteiger partial charge is 0.270 e. The summed E-state index contributed by atoms with van der Waals surface area (Å²) in [6, 6.07) is 17.2. The normalized spacial score (nSPS) is 10.3. The first-order valence-electron chi connectivity index (χ1n) is 8.72. The number of carbonyl (C=O) groups is 1. The standard InChI is InChI=1S/C21H22N4O2/c1-15-5-3-4-6-18(15)24-21-23-14-12-19(25-21)20(26)22-13-11-16-7-9-17(27-2)10-8-16/h3-10,12,14H,11,13H2,1-2H3,(H,22,26)(H,23,24,25). The van der Waals surface area contributed by atoms with Crippen molar-refractivity contribution in [2.24, 2.45) is 0 Å². The van der Waals surface area contributed by atoms with E-state index in [0.717, 1.165) is 29.0 Å². The molecule has 1 aromatic heterocycles. The summed E-state index contributed by atoms with van der Waals surface area (Å²) in [6.07, 6.45) is 2.31. The summed E-state index contributed by atoms with van der Waals surface area (Å²) in [5.41, 5.74) is 3.45. The van der Waals surface area contributed by atoms with Gasteiger partial charge in [-0.2, -0.15) is 0 Å². The maximum atomic E-state index is 12.4. The van der Waals surface area contributed by atoms with Gasteiger partial charge in [0.25, 0.3) is 5.91 Å². The SMILES string of the molecule is COc1ccc(CCNC(=O)c2ccnc(Nc3ccccc3C)n2)cc1. The van der Waals surface area contributed by atoms with Crippen LogP contribution in [0.5, 0.6) is 5.75 Å². The van der Waals surface area contributed by atoms with Gasteiger partial charge in [-0.15, -0.1) is 0 Å². The molecule has 138 valence electrons. The van der Waals surface area contributed by atoms with E-state index in [-0.39, 0.29) is 5.91 Å². The van der Waals surface area contributed by atoms with Gasteiger partial charge in [0.2, 0.25) is 5.95 Å². The average molecular weight is 362 g/mol. The highest BCUT2D eigenvalue weighted by molar-refractivity contribution is 5.92. The van der Waals surface area contributed by atoms with Gasteiger partial charge in [0.15, 0.2) is 0 Å². The van der Waals surface area contributed by atoms with Gasteiger partial charge in [-0.25, -0.2) is 9.97 Å². The van der Waals surface area contributed by atoms with Crippen LogP contribution in [0.3, 0.4) is 0 Å². The van der Waals surface area contributed by atoms with E-state index in [2.05, 4.69) is 20.6 Å². The molecule has 27 heavy (non-hydrogen) atoms. The van der Waals surface area contributed by atoms with Crippen LogP contribution in [0.25, 0.3) is 0 Å². The van der Waals surface area contributed by atoms with Crippen LogP contribution in [0.4, 0.5) is 11.6 Å². The third-order valence-corrected chi connectivity index (χ3v) is 4.14. The molecule has 0 aliphatic carbocycles. The highest BCUT2D eigenvalue weighted by Crippen LogP contribution is 2.17. The topological polar surface area (TPSA) is 76.1 Å². The molecular formula is C21H22N4O2. The molecule has 0 bridgehead atoms. The molecule has 0 spiro atoms. The lowest BCUT2D eigenvalue weighted by Gasteiger charge is -2.09. The monoisotopic (exact) mass is 362 g/mol. The van der Waals surface area contributed by atoms with E-state index in [9.17, 15) is 4.79 Å². The number of nitrogens with zero attached hydrogens (tertiary/aromatic N) is 2. The summed E-state index contributed by atoms with van der Waals surface area (Å²) in [5, 5.41) is 6.04. The lowest BCUT2D eigenvalue weighted by Crippen LogP contribution is -2.26. The maximum absolute atomic E-state index is 12.4. The summed E-state index contributed by atoms with van der Waals surface area (Å²) in [6.45, 7) is 2.52. The zero-order chi connectivity index (χ0) is 19.1. The Hall–Kier alpha value is -3.41. The first-order chi connectivity index (χ1) is 13.2. The molecule has 0 atom stereocenters. The number of amides is 1. The van der Waals surface area contributed by atoms with Gasteiger partial charge in [-0.3, -0.25) is 4.79 Å². The Balaban J connectivity index is 1.57. The fourth-order valence-electron chi connectivity index (χ4n) is 2.58. The number of hydrogen-bond acceptors (Lipinski definition) is 5. The van der Waals surface area contributed by atoms with E-state index < -0.39 is 0 Å². The summed E-state index contributed by atoms with van der Waals surface area (Å²) < 4.78 is 5.14. The number of aryl methyl sites for hydroxylation is 1. The van der Waals surface area contributed by atoms with Crippen LogP contribution in [0.15, 0.2) is 60.8 Å². The Morgan fingerprint density at radius 2 is 1.85 bits per heavy atom. The molecule has 0 aliphatic rings. The van der Waals surface area contributed by atoms with Crippen LogP contribution in [-0.4, -0.2) is 29.5 Å². The number of anilines is 2. The van der Waals surface area contributed by atoms with Gasteiger partial charge in [0.05, 0.1) is 7.11 Å². The van der Waals surface area contributed by atoms with Gasteiger partial charge in [-0.1, -0.05) is 30.3 Å². The minimum Gasteiger partial charge on any atom is -0.497 e. The van der Waals surface area contributed by atoms with Crippen LogP contribution < -0.4 is 15.4 Å². The second-order valence-electron chi connectivity index (χ2n) is 6.06. The molecule has 0 fully saturated rings. The number of hydrogen-bond donors (Lipinski definition) is 2. The lowest BCUT2D eigenvalue weighted by molar-refractivity contribution is 0.0949. The minimum atomic E-state index is -0.223. The lowest BCUT2D eigenvalue weighted by atomic mass is 10.1. The number of ether oxygens (including phenoxy) is 1. The van der Waals surface area contributed by atoms with E-state index in [1.807, 2.05) is 55.5 Å². The number of benzene rings is 2. The van der Waals surface area contributed by atoms with Crippen LogP contribution in [0, 0.1) is 6.92 Å². The predicted molar refractivity (Wildman–Crippen MR) is 106 cm³/mol. The fourth-order valence-corrected chi connectivity index (χ4v) is 2.58. The summed E-state index contributed by atoms with van der Waals surface area (Å²) >= 11 is 0. The van der Waals surface area contributed by atoms with Crippen molar-refractivity contribution in [3.05, 3.63) is 77.6 Å². The number of carbonyl (C=O) groups excluding carboxylic acids is 1. The van der Waals surface area contributed by atoms with E-state index >= 15 is 0 Å². The quantitative estimate of drug-likeness (QED) is 0.673. The highest BCUT2D eigenvalue weighted by atomic mass is 16.5. The van der Waals surface area contributed by atoms with Gasteiger partial charge in [-0.05, 0) is 48.7 Å². The van der Waals surface area contributed by atoms with Crippen molar-refractivity contribution < 1.29 is 9.53 Å². The zero-order valence-electron chi connectivity index (χ0n) is 15.4. The van der Waals surface area contributed by atoms with Crippen molar-refractivity contribution >= 4 is 17.5 Å². The van der Waals surface area contributed by atoms with Crippen molar-refractivity contribution in [1.29, 1.82) is 0 Å². The van der Waals surface area contributed by atoms with Gasteiger partial charge in [0.1, 0.15) is 11.4 Å². The van der Waals surface area contributed by atoms with Gasteiger partial charge in [0, 0.05) is 18.4 Å². The summed E-state index contributed by atoms with van der Waals surface area (Å²) in [4.78, 5) is 20.9. The maximum Gasteiger partial charge on any atom is 0.270 e. The molecule has 3 rings (SSSR count). The Morgan fingerprint density at radius 3 is 2.59 bits per heavy atom. The number of rotatable bonds is 7. The van der Waals surface area contributed by atoms with Crippen molar-refractivity contribution in [3.63, 3.8) is 0 Å². The molecule has 0 radical (unpaired) electrons. The molecule has 6 heteroatoms. The Bertz CT molecular complexity index is 910. The Morgan fingerprint density at radius 1 is 1.07 bits per heavy atom. The van der Waals surface area contributed by atoms with Crippen LogP contribution in [0.1, 0.15) is 21.6 Å². The molecule has 2 N–H and O–H groups in total. The minimum absolute atomic E-state index is 0.223. The highest BCUT2D eigenvalue weighted by Gasteiger charge is 2.09.